The molecule has 0 saturated heterocycles. The Morgan fingerprint density at radius 1 is 0.840 bits per heavy atom. The Kier molecular flexibility index (Phi) is 5.17. The molecule has 0 unspecified atom stereocenters. The highest BCUT2D eigenvalue weighted by Crippen LogP contribution is 2.19. The lowest BCUT2D eigenvalue weighted by Gasteiger charge is -2.03. The Hall–Kier alpha value is -3.46. The minimum Gasteiger partial charge on any atom is -0.267 e. The van der Waals surface area contributed by atoms with E-state index < -0.39 is 0 Å². The van der Waals surface area contributed by atoms with Gasteiger partial charge in [-0.1, -0.05) is 73.3 Å². The van der Waals surface area contributed by atoms with Crippen molar-refractivity contribution < 1.29 is 4.79 Å². The first-order valence-electron chi connectivity index (χ1n) is 7.97. The minimum absolute atomic E-state index is 0.240. The van der Waals surface area contributed by atoms with Crippen LogP contribution in [0.5, 0.6) is 0 Å². The molecule has 0 atom stereocenters. The molecule has 25 heavy (non-hydrogen) atoms. The fourth-order valence-electron chi connectivity index (χ4n) is 2.44. The summed E-state index contributed by atoms with van der Waals surface area (Å²) in [5, 5.41) is 4.02. The largest absolute Gasteiger partial charge is 0.271 e. The third-order valence-corrected chi connectivity index (χ3v) is 3.78. The average Bonchev–Trinajstić information content (AvgIpc) is 2.69. The number of nitrogens with one attached hydrogen (secondary N) is 1. The van der Waals surface area contributed by atoms with Crippen LogP contribution in [0.4, 0.5) is 0 Å². The number of nitrogens with zero attached hydrogens (tertiary/aromatic N) is 1. The van der Waals surface area contributed by atoms with Gasteiger partial charge in [0.05, 0.1) is 6.21 Å². The summed E-state index contributed by atoms with van der Waals surface area (Å²) in [4.78, 5) is 12.2. The Labute approximate surface area is 147 Å². The maximum atomic E-state index is 12.2. The number of hydrogen-bond acceptors (Lipinski definition) is 2. The quantitative estimate of drug-likeness (QED) is 0.533. The molecular weight excluding hydrogens is 308 g/mol. The molecule has 3 aromatic carbocycles. The first-order valence-corrected chi connectivity index (χ1v) is 7.97. The molecule has 0 spiro atoms. The molecule has 3 aromatic rings. The van der Waals surface area contributed by atoms with Gasteiger partial charge < -0.3 is 0 Å². The summed E-state index contributed by atoms with van der Waals surface area (Å²) in [6.45, 7) is 3.73. The normalized spacial score (nSPS) is 10.6. The Morgan fingerprint density at radius 2 is 1.52 bits per heavy atom. The summed E-state index contributed by atoms with van der Waals surface area (Å²) in [5.41, 5.74) is 7.21. The second kappa shape index (κ2) is 7.88. The molecule has 0 aromatic heterocycles. The van der Waals surface area contributed by atoms with Crippen molar-refractivity contribution in [1.82, 2.24) is 5.43 Å². The van der Waals surface area contributed by atoms with Gasteiger partial charge >= 0.3 is 0 Å². The SMILES string of the molecule is C=Cc1cccc(C=NNC(=O)c2ccc(-c3ccccc3)cc2)c1. The molecule has 0 aliphatic rings. The maximum Gasteiger partial charge on any atom is 0.271 e. The lowest BCUT2D eigenvalue weighted by Crippen LogP contribution is -2.17. The zero-order chi connectivity index (χ0) is 17.5. The van der Waals surface area contributed by atoms with E-state index in [-0.39, 0.29) is 5.91 Å². The van der Waals surface area contributed by atoms with Gasteiger partial charge in [-0.2, -0.15) is 5.10 Å². The van der Waals surface area contributed by atoms with Crippen LogP contribution in [0, 0.1) is 0 Å². The molecule has 3 rings (SSSR count). The summed E-state index contributed by atoms with van der Waals surface area (Å²) in [5.74, 6) is -0.240. The zero-order valence-electron chi connectivity index (χ0n) is 13.7. The van der Waals surface area contributed by atoms with Crippen molar-refractivity contribution in [2.75, 3.05) is 0 Å². The van der Waals surface area contributed by atoms with Crippen LogP contribution in [0.25, 0.3) is 17.2 Å². The predicted molar refractivity (Wildman–Crippen MR) is 103 cm³/mol. The van der Waals surface area contributed by atoms with E-state index >= 15 is 0 Å². The van der Waals surface area contributed by atoms with Crippen LogP contribution in [0.1, 0.15) is 21.5 Å². The highest BCUT2D eigenvalue weighted by atomic mass is 16.2. The maximum absolute atomic E-state index is 12.2. The monoisotopic (exact) mass is 326 g/mol. The van der Waals surface area contributed by atoms with Crippen molar-refractivity contribution in [2.24, 2.45) is 5.10 Å². The second-order valence-electron chi connectivity index (χ2n) is 5.52. The molecule has 122 valence electrons. The summed E-state index contributed by atoms with van der Waals surface area (Å²) >= 11 is 0. The number of hydrogen-bond donors (Lipinski definition) is 1. The van der Waals surface area contributed by atoms with Gasteiger partial charge in [-0.05, 0) is 40.5 Å². The topological polar surface area (TPSA) is 41.5 Å². The summed E-state index contributed by atoms with van der Waals surface area (Å²) < 4.78 is 0. The van der Waals surface area contributed by atoms with Crippen LogP contribution in [0.2, 0.25) is 0 Å². The molecule has 3 heteroatoms. The van der Waals surface area contributed by atoms with Crippen molar-refractivity contribution in [3.63, 3.8) is 0 Å². The number of benzene rings is 3. The van der Waals surface area contributed by atoms with E-state index in [2.05, 4.69) is 17.1 Å². The number of rotatable bonds is 5. The molecular formula is C22H18N2O. The van der Waals surface area contributed by atoms with E-state index in [1.807, 2.05) is 66.7 Å². The minimum atomic E-state index is -0.240. The molecule has 0 aliphatic heterocycles. The second-order valence-corrected chi connectivity index (χ2v) is 5.52. The lowest BCUT2D eigenvalue weighted by atomic mass is 10.0. The molecule has 0 radical (unpaired) electrons. The van der Waals surface area contributed by atoms with Crippen LogP contribution in [-0.4, -0.2) is 12.1 Å². The molecule has 0 aliphatic carbocycles. The van der Waals surface area contributed by atoms with Gasteiger partial charge in [-0.25, -0.2) is 5.43 Å². The Balaban J connectivity index is 1.65. The van der Waals surface area contributed by atoms with Crippen molar-refractivity contribution in [2.45, 2.75) is 0 Å². The van der Waals surface area contributed by atoms with Crippen molar-refractivity contribution in [3.05, 3.63) is 102 Å². The third kappa shape index (κ3) is 4.30. The van der Waals surface area contributed by atoms with Crippen LogP contribution in [0.15, 0.2) is 90.5 Å². The summed E-state index contributed by atoms with van der Waals surface area (Å²) in [6, 6.07) is 25.2. The smallest absolute Gasteiger partial charge is 0.267 e. The van der Waals surface area contributed by atoms with E-state index in [0.29, 0.717) is 5.56 Å². The Morgan fingerprint density at radius 3 is 2.24 bits per heavy atom. The summed E-state index contributed by atoms with van der Waals surface area (Å²) in [6.07, 6.45) is 3.38. The van der Waals surface area contributed by atoms with Gasteiger partial charge in [-0.15, -0.1) is 0 Å². The van der Waals surface area contributed by atoms with Gasteiger partial charge in [0.2, 0.25) is 0 Å². The van der Waals surface area contributed by atoms with Crippen LogP contribution >= 0.6 is 0 Å². The standard InChI is InChI=1S/C22H18N2O/c1-2-17-7-6-8-18(15-17)16-23-24-22(25)21-13-11-20(12-14-21)19-9-4-3-5-10-19/h2-16H,1H2,(H,24,25). The van der Waals surface area contributed by atoms with Gasteiger partial charge in [0.15, 0.2) is 0 Å². The fourth-order valence-corrected chi connectivity index (χ4v) is 2.44. The van der Waals surface area contributed by atoms with E-state index in [1.165, 1.54) is 0 Å². The highest BCUT2D eigenvalue weighted by Gasteiger charge is 2.04. The van der Waals surface area contributed by atoms with Crippen LogP contribution in [-0.2, 0) is 0 Å². The molecule has 0 bridgehead atoms. The van der Waals surface area contributed by atoms with Gasteiger partial charge in [0.1, 0.15) is 0 Å². The molecule has 0 fully saturated rings. The van der Waals surface area contributed by atoms with Crippen LogP contribution in [0.3, 0.4) is 0 Å². The molecule has 1 N–H and O–H groups in total. The number of carbonyl (C=O) groups is 1. The fraction of sp³-hybridized carbons (Fsp3) is 0. The van der Waals surface area contributed by atoms with Crippen molar-refractivity contribution >= 4 is 18.2 Å². The lowest BCUT2D eigenvalue weighted by molar-refractivity contribution is 0.0955. The van der Waals surface area contributed by atoms with Crippen LogP contribution < -0.4 is 5.43 Å². The molecule has 3 nitrogen and oxygen atoms in total. The molecule has 0 saturated carbocycles. The third-order valence-electron chi connectivity index (χ3n) is 3.78. The van der Waals surface area contributed by atoms with E-state index in [0.717, 1.165) is 22.3 Å². The van der Waals surface area contributed by atoms with E-state index in [9.17, 15) is 4.79 Å². The number of amides is 1. The molecule has 1 amide bonds. The van der Waals surface area contributed by atoms with Gasteiger partial charge in [0.25, 0.3) is 5.91 Å². The number of hydrazone groups is 1. The van der Waals surface area contributed by atoms with Gasteiger partial charge in [0, 0.05) is 5.56 Å². The highest BCUT2D eigenvalue weighted by molar-refractivity contribution is 5.95. The van der Waals surface area contributed by atoms with E-state index in [4.69, 9.17) is 0 Å². The summed E-state index contributed by atoms with van der Waals surface area (Å²) in [7, 11) is 0. The first-order chi connectivity index (χ1) is 12.3. The van der Waals surface area contributed by atoms with Crippen molar-refractivity contribution in [3.8, 4) is 11.1 Å². The van der Waals surface area contributed by atoms with Crippen molar-refractivity contribution in [1.29, 1.82) is 0 Å². The van der Waals surface area contributed by atoms with Gasteiger partial charge in [-0.3, -0.25) is 4.79 Å². The van der Waals surface area contributed by atoms with E-state index in [1.54, 1.807) is 24.4 Å². The number of carbonyl (C=O) groups excluding carboxylic acids is 1. The zero-order valence-corrected chi connectivity index (χ0v) is 13.7. The predicted octanol–water partition coefficient (Wildman–Crippen LogP) is 4.76. The molecule has 0 heterocycles. The Bertz CT molecular complexity index is 897. The average molecular weight is 326 g/mol. The first kappa shape index (κ1) is 16.4.